The number of rotatable bonds is 6. The van der Waals surface area contributed by atoms with E-state index in [4.69, 9.17) is 9.84 Å². The Morgan fingerprint density at radius 2 is 1.93 bits per heavy atom. The smallest absolute Gasteiger partial charge is 0.235 e. The maximum absolute atomic E-state index is 12.4. The van der Waals surface area contributed by atoms with Crippen molar-refractivity contribution >= 4 is 23.5 Å². The van der Waals surface area contributed by atoms with Crippen molar-refractivity contribution in [3.8, 4) is 11.4 Å². The highest BCUT2D eigenvalue weighted by Gasteiger charge is 2.30. The predicted molar refractivity (Wildman–Crippen MR) is 118 cm³/mol. The molecular formula is C23H25N3O2S. The Morgan fingerprint density at radius 3 is 2.66 bits per heavy atom. The van der Waals surface area contributed by atoms with Gasteiger partial charge in [0.1, 0.15) is 11.6 Å². The molecule has 1 aliphatic heterocycles. The molecule has 0 saturated heterocycles. The van der Waals surface area contributed by atoms with Gasteiger partial charge in [0.2, 0.25) is 5.91 Å². The number of para-hydroxylation sites is 1. The van der Waals surface area contributed by atoms with Gasteiger partial charge in [0, 0.05) is 5.56 Å². The van der Waals surface area contributed by atoms with Crippen molar-refractivity contribution in [3.63, 3.8) is 0 Å². The number of anilines is 1. The van der Waals surface area contributed by atoms with Gasteiger partial charge in [0.05, 0.1) is 29.0 Å². The minimum atomic E-state index is -0.00431. The first kappa shape index (κ1) is 19.6. The van der Waals surface area contributed by atoms with Gasteiger partial charge in [0.15, 0.2) is 0 Å². The lowest BCUT2D eigenvalue weighted by Crippen LogP contribution is -2.15. The van der Waals surface area contributed by atoms with Gasteiger partial charge in [-0.25, -0.2) is 4.68 Å². The standard InChI is InChI=1S/C23H25N3O2S/c1-3-4-14-28-19-12-10-17(11-13-19)22-21-16(2)25-26(18-8-6-5-7-9-18)23(21)24-20(27)15-29-22/h5-13,22H,3-4,14-15H2,1-2H3,(H,24,27)/t22-/m1/s1. The quantitative estimate of drug-likeness (QED) is 0.575. The Bertz CT molecular complexity index is 983. The number of aryl methyl sites for hydroxylation is 1. The molecule has 1 atom stereocenters. The number of amides is 1. The van der Waals surface area contributed by atoms with E-state index < -0.39 is 0 Å². The lowest BCUT2D eigenvalue weighted by molar-refractivity contribution is -0.113. The maximum atomic E-state index is 12.4. The van der Waals surface area contributed by atoms with Crippen LogP contribution in [0.2, 0.25) is 0 Å². The van der Waals surface area contributed by atoms with Crippen LogP contribution in [0.1, 0.15) is 41.8 Å². The zero-order valence-corrected chi connectivity index (χ0v) is 17.5. The second kappa shape index (κ2) is 8.74. The molecule has 0 aliphatic carbocycles. The third-order valence-corrected chi connectivity index (χ3v) is 6.23. The van der Waals surface area contributed by atoms with E-state index in [1.165, 1.54) is 0 Å². The summed E-state index contributed by atoms with van der Waals surface area (Å²) in [5, 5.41) is 7.85. The fourth-order valence-corrected chi connectivity index (χ4v) is 4.66. The van der Waals surface area contributed by atoms with E-state index in [1.807, 2.05) is 54.1 Å². The predicted octanol–water partition coefficient (Wildman–Crippen LogP) is 5.13. The van der Waals surface area contributed by atoms with Gasteiger partial charge in [-0.05, 0) is 43.2 Å². The monoisotopic (exact) mass is 407 g/mol. The van der Waals surface area contributed by atoms with Crippen LogP contribution in [0.25, 0.3) is 5.69 Å². The van der Waals surface area contributed by atoms with Crippen LogP contribution in [0.4, 0.5) is 5.82 Å². The zero-order chi connectivity index (χ0) is 20.2. The highest BCUT2D eigenvalue weighted by Crippen LogP contribution is 2.44. The van der Waals surface area contributed by atoms with Crippen molar-refractivity contribution in [1.29, 1.82) is 0 Å². The van der Waals surface area contributed by atoms with Crippen LogP contribution < -0.4 is 10.1 Å². The van der Waals surface area contributed by atoms with E-state index in [9.17, 15) is 4.79 Å². The first-order chi connectivity index (χ1) is 14.2. The minimum absolute atomic E-state index is 0.00431. The molecule has 1 aromatic heterocycles. The van der Waals surface area contributed by atoms with Crippen LogP contribution in [0.15, 0.2) is 54.6 Å². The molecule has 0 unspecified atom stereocenters. The molecule has 0 radical (unpaired) electrons. The normalized spacial score (nSPS) is 16.1. The summed E-state index contributed by atoms with van der Waals surface area (Å²) in [4.78, 5) is 12.4. The summed E-state index contributed by atoms with van der Waals surface area (Å²) < 4.78 is 7.63. The van der Waals surface area contributed by atoms with Crippen molar-refractivity contribution in [2.24, 2.45) is 0 Å². The molecule has 0 bridgehead atoms. The molecule has 6 heteroatoms. The van der Waals surface area contributed by atoms with Gasteiger partial charge in [-0.15, -0.1) is 11.8 Å². The van der Waals surface area contributed by atoms with Crippen molar-refractivity contribution in [2.75, 3.05) is 17.7 Å². The van der Waals surface area contributed by atoms with Crippen molar-refractivity contribution in [2.45, 2.75) is 31.9 Å². The number of thioether (sulfide) groups is 1. The number of nitrogens with one attached hydrogen (secondary N) is 1. The van der Waals surface area contributed by atoms with Crippen molar-refractivity contribution in [1.82, 2.24) is 9.78 Å². The Morgan fingerprint density at radius 1 is 1.17 bits per heavy atom. The highest BCUT2D eigenvalue weighted by atomic mass is 32.2. The number of benzene rings is 2. The molecule has 1 N–H and O–H groups in total. The van der Waals surface area contributed by atoms with Gasteiger partial charge < -0.3 is 10.1 Å². The highest BCUT2D eigenvalue weighted by molar-refractivity contribution is 8.00. The summed E-state index contributed by atoms with van der Waals surface area (Å²) in [5.41, 5.74) is 4.06. The van der Waals surface area contributed by atoms with Crippen molar-refractivity contribution < 1.29 is 9.53 Å². The molecule has 29 heavy (non-hydrogen) atoms. The summed E-state index contributed by atoms with van der Waals surface area (Å²) in [6, 6.07) is 18.1. The lowest BCUT2D eigenvalue weighted by atomic mass is 10.0. The van der Waals surface area contributed by atoms with Gasteiger partial charge in [-0.2, -0.15) is 5.10 Å². The van der Waals surface area contributed by atoms with Crippen LogP contribution in [0.5, 0.6) is 5.75 Å². The van der Waals surface area contributed by atoms with Crippen LogP contribution >= 0.6 is 11.8 Å². The molecule has 1 amide bonds. The molecule has 2 heterocycles. The number of carbonyl (C=O) groups excluding carboxylic acids is 1. The Labute approximate surface area is 175 Å². The minimum Gasteiger partial charge on any atom is -0.494 e. The van der Waals surface area contributed by atoms with Crippen LogP contribution in [0, 0.1) is 6.92 Å². The summed E-state index contributed by atoms with van der Waals surface area (Å²) in [7, 11) is 0. The molecular weight excluding hydrogens is 382 g/mol. The zero-order valence-electron chi connectivity index (χ0n) is 16.7. The van der Waals surface area contributed by atoms with Gasteiger partial charge >= 0.3 is 0 Å². The van der Waals surface area contributed by atoms with E-state index in [0.29, 0.717) is 5.75 Å². The first-order valence-corrected chi connectivity index (χ1v) is 11.0. The second-order valence-electron chi connectivity index (χ2n) is 7.11. The van der Waals surface area contributed by atoms with E-state index in [2.05, 4.69) is 24.4 Å². The van der Waals surface area contributed by atoms with E-state index in [0.717, 1.165) is 53.5 Å². The molecule has 4 rings (SSSR count). The lowest BCUT2D eigenvalue weighted by Gasteiger charge is -2.16. The SMILES string of the molecule is CCCCOc1ccc([C@H]2SCC(=O)Nc3c2c(C)nn3-c2ccccc2)cc1. The molecule has 0 fully saturated rings. The number of hydrogen-bond donors (Lipinski definition) is 1. The summed E-state index contributed by atoms with van der Waals surface area (Å²) in [6.45, 7) is 4.89. The van der Waals surface area contributed by atoms with Crippen LogP contribution in [-0.4, -0.2) is 28.0 Å². The van der Waals surface area contributed by atoms with Crippen LogP contribution in [-0.2, 0) is 4.79 Å². The molecule has 0 spiro atoms. The van der Waals surface area contributed by atoms with Gasteiger partial charge in [-0.1, -0.05) is 43.7 Å². The number of carbonyl (C=O) groups is 1. The van der Waals surface area contributed by atoms with Gasteiger partial charge in [-0.3, -0.25) is 4.79 Å². The average molecular weight is 408 g/mol. The Balaban J connectivity index is 1.70. The number of aromatic nitrogens is 2. The Hall–Kier alpha value is -2.73. The van der Waals surface area contributed by atoms with Crippen LogP contribution in [0.3, 0.4) is 0 Å². The second-order valence-corrected chi connectivity index (χ2v) is 8.20. The van der Waals surface area contributed by atoms with Gasteiger partial charge in [0.25, 0.3) is 0 Å². The number of nitrogens with zero attached hydrogens (tertiary/aromatic N) is 2. The summed E-state index contributed by atoms with van der Waals surface area (Å²) >= 11 is 1.63. The number of unbranched alkanes of at least 4 members (excludes halogenated alkanes) is 1. The maximum Gasteiger partial charge on any atom is 0.235 e. The van der Waals surface area contributed by atoms with E-state index >= 15 is 0 Å². The number of fused-ring (bicyclic) bond motifs is 1. The number of ether oxygens (including phenoxy) is 1. The third kappa shape index (κ3) is 4.17. The average Bonchev–Trinajstić information content (AvgIpc) is 2.95. The fourth-order valence-electron chi connectivity index (χ4n) is 3.48. The molecule has 2 aromatic carbocycles. The fraction of sp³-hybridized carbons (Fsp3) is 0.304. The molecule has 3 aromatic rings. The molecule has 1 aliphatic rings. The largest absolute Gasteiger partial charge is 0.494 e. The first-order valence-electron chi connectivity index (χ1n) is 9.96. The number of hydrogen-bond acceptors (Lipinski definition) is 4. The van der Waals surface area contributed by atoms with Crippen molar-refractivity contribution in [3.05, 3.63) is 71.4 Å². The summed E-state index contributed by atoms with van der Waals surface area (Å²) in [6.07, 6.45) is 2.17. The third-order valence-electron chi connectivity index (χ3n) is 4.96. The topological polar surface area (TPSA) is 56.1 Å². The Kier molecular flexibility index (Phi) is 5.90. The van der Waals surface area contributed by atoms with E-state index in [1.54, 1.807) is 11.8 Å². The molecule has 150 valence electrons. The molecule has 0 saturated carbocycles. The van der Waals surface area contributed by atoms with E-state index in [-0.39, 0.29) is 11.2 Å². The molecule has 5 nitrogen and oxygen atoms in total. The summed E-state index contributed by atoms with van der Waals surface area (Å²) in [5.74, 6) is 2.04.